The summed E-state index contributed by atoms with van der Waals surface area (Å²) in [7, 11) is 0. The fourth-order valence-electron chi connectivity index (χ4n) is 0.578. The molecule has 62 valence electrons. The van der Waals surface area contributed by atoms with Gasteiger partial charge in [-0.25, -0.2) is 4.98 Å². The third-order valence-corrected chi connectivity index (χ3v) is 1.79. The lowest BCUT2D eigenvalue weighted by Crippen LogP contribution is -2.11. The Morgan fingerprint density at radius 1 is 1.55 bits per heavy atom. The van der Waals surface area contributed by atoms with Crippen LogP contribution in [-0.4, -0.2) is 11.2 Å². The number of nitrogens with two attached hydrogens (primary N) is 1. The predicted molar refractivity (Wildman–Crippen MR) is 36.3 cm³/mol. The van der Waals surface area contributed by atoms with E-state index in [1.54, 1.807) is 0 Å². The van der Waals surface area contributed by atoms with Crippen LogP contribution in [0.4, 0.5) is 19.0 Å². The van der Waals surface area contributed by atoms with Gasteiger partial charge in [0.2, 0.25) is 0 Å². The molecule has 11 heavy (non-hydrogen) atoms. The molecule has 0 unspecified atom stereocenters. The van der Waals surface area contributed by atoms with Crippen LogP contribution in [-0.2, 0) is 6.42 Å². The second-order valence-corrected chi connectivity index (χ2v) is 2.90. The van der Waals surface area contributed by atoms with E-state index in [-0.39, 0.29) is 10.8 Å². The lowest BCUT2D eigenvalue weighted by molar-refractivity contribution is -0.127. The molecule has 0 radical (unpaired) electrons. The van der Waals surface area contributed by atoms with Crippen molar-refractivity contribution in [3.05, 3.63) is 10.4 Å². The molecular formula is C5H5F3N2S. The minimum absolute atomic E-state index is 0.00926. The molecule has 0 amide bonds. The van der Waals surface area contributed by atoms with Crippen LogP contribution in [0.1, 0.15) is 5.01 Å². The average Bonchev–Trinajstić information content (AvgIpc) is 2.10. The van der Waals surface area contributed by atoms with Crippen LogP contribution < -0.4 is 5.73 Å². The molecule has 0 aliphatic carbocycles. The van der Waals surface area contributed by atoms with Gasteiger partial charge in [-0.3, -0.25) is 0 Å². The molecule has 0 bridgehead atoms. The van der Waals surface area contributed by atoms with E-state index in [4.69, 9.17) is 5.73 Å². The van der Waals surface area contributed by atoms with Crippen molar-refractivity contribution in [1.29, 1.82) is 0 Å². The molecule has 1 heterocycles. The van der Waals surface area contributed by atoms with E-state index >= 15 is 0 Å². The van der Waals surface area contributed by atoms with Crippen molar-refractivity contribution in [3.63, 3.8) is 0 Å². The second kappa shape index (κ2) is 2.69. The molecule has 0 fully saturated rings. The van der Waals surface area contributed by atoms with Gasteiger partial charge in [-0.1, -0.05) is 0 Å². The first kappa shape index (κ1) is 8.32. The van der Waals surface area contributed by atoms with Gasteiger partial charge in [0.1, 0.15) is 10.8 Å². The highest BCUT2D eigenvalue weighted by molar-refractivity contribution is 7.10. The van der Waals surface area contributed by atoms with E-state index in [9.17, 15) is 13.2 Å². The highest BCUT2D eigenvalue weighted by Gasteiger charge is 2.29. The van der Waals surface area contributed by atoms with Crippen LogP contribution in [0.25, 0.3) is 0 Å². The fraction of sp³-hybridized carbons (Fsp3) is 0.400. The lowest BCUT2D eigenvalue weighted by atomic mass is 10.4. The molecule has 0 spiro atoms. The number of halogens is 3. The Balaban J connectivity index is 2.65. The van der Waals surface area contributed by atoms with Crippen molar-refractivity contribution in [1.82, 2.24) is 4.98 Å². The average molecular weight is 182 g/mol. The smallest absolute Gasteiger partial charge is 0.383 e. The molecule has 0 aliphatic rings. The highest BCUT2D eigenvalue weighted by atomic mass is 32.1. The van der Waals surface area contributed by atoms with Crippen molar-refractivity contribution in [2.45, 2.75) is 12.6 Å². The van der Waals surface area contributed by atoms with E-state index in [1.165, 1.54) is 5.38 Å². The highest BCUT2D eigenvalue weighted by Crippen LogP contribution is 2.23. The van der Waals surface area contributed by atoms with Crippen LogP contribution in [0.5, 0.6) is 0 Å². The van der Waals surface area contributed by atoms with Crippen molar-refractivity contribution in [2.75, 3.05) is 5.73 Å². The maximum atomic E-state index is 11.7. The Morgan fingerprint density at radius 3 is 2.55 bits per heavy atom. The number of anilines is 1. The number of rotatable bonds is 1. The van der Waals surface area contributed by atoms with Crippen LogP contribution in [0.2, 0.25) is 0 Å². The number of alkyl halides is 3. The third kappa shape index (κ3) is 2.75. The van der Waals surface area contributed by atoms with E-state index in [0.717, 1.165) is 11.3 Å². The van der Waals surface area contributed by atoms with E-state index in [1.807, 2.05) is 0 Å². The Labute approximate surface area is 64.9 Å². The molecule has 1 aromatic rings. The van der Waals surface area contributed by atoms with Gasteiger partial charge < -0.3 is 5.73 Å². The van der Waals surface area contributed by atoms with Gasteiger partial charge in [-0.05, 0) is 0 Å². The van der Waals surface area contributed by atoms with Crippen molar-refractivity contribution >= 4 is 17.2 Å². The van der Waals surface area contributed by atoms with Gasteiger partial charge in [0, 0.05) is 5.38 Å². The van der Waals surface area contributed by atoms with Crippen LogP contribution in [0.3, 0.4) is 0 Å². The summed E-state index contributed by atoms with van der Waals surface area (Å²) in [5, 5.41) is 1.40. The topological polar surface area (TPSA) is 38.9 Å². The van der Waals surface area contributed by atoms with Crippen molar-refractivity contribution < 1.29 is 13.2 Å². The maximum Gasteiger partial charge on any atom is 0.395 e. The summed E-state index contributed by atoms with van der Waals surface area (Å²) in [5.74, 6) is 0.147. The summed E-state index contributed by atoms with van der Waals surface area (Å²) in [5.41, 5.74) is 5.13. The molecule has 1 rings (SSSR count). The zero-order valence-corrected chi connectivity index (χ0v) is 6.17. The lowest BCUT2D eigenvalue weighted by Gasteiger charge is -2.00. The number of nitrogens with zero attached hydrogens (tertiary/aromatic N) is 1. The number of thiazole rings is 1. The zero-order chi connectivity index (χ0) is 8.48. The van der Waals surface area contributed by atoms with Crippen LogP contribution in [0, 0.1) is 0 Å². The van der Waals surface area contributed by atoms with Crippen LogP contribution >= 0.6 is 11.3 Å². The number of aromatic nitrogens is 1. The van der Waals surface area contributed by atoms with Gasteiger partial charge in [0.15, 0.2) is 0 Å². The van der Waals surface area contributed by atoms with Crippen LogP contribution in [0.15, 0.2) is 5.38 Å². The normalized spacial score (nSPS) is 11.9. The predicted octanol–water partition coefficient (Wildman–Crippen LogP) is 1.83. The van der Waals surface area contributed by atoms with Gasteiger partial charge >= 0.3 is 6.18 Å². The summed E-state index contributed by atoms with van der Waals surface area (Å²) in [4.78, 5) is 3.47. The first-order valence-electron chi connectivity index (χ1n) is 2.74. The molecule has 6 heteroatoms. The number of hydrogen-bond acceptors (Lipinski definition) is 3. The standard InChI is InChI=1S/C5H5F3N2S/c6-5(7,8)1-4-10-3(9)2-11-4/h2H,1,9H2. The first-order valence-corrected chi connectivity index (χ1v) is 3.62. The summed E-state index contributed by atoms with van der Waals surface area (Å²) >= 11 is 0.920. The molecule has 0 aromatic carbocycles. The summed E-state index contributed by atoms with van der Waals surface area (Å²) < 4.78 is 35.0. The Kier molecular flexibility index (Phi) is 2.03. The fourth-order valence-corrected chi connectivity index (χ4v) is 1.29. The first-order chi connectivity index (χ1) is 4.97. The third-order valence-electron chi connectivity index (χ3n) is 0.921. The van der Waals surface area contributed by atoms with E-state index < -0.39 is 12.6 Å². The Hall–Kier alpha value is -0.780. The molecule has 2 N–H and O–H groups in total. The molecular weight excluding hydrogens is 177 g/mol. The summed E-state index contributed by atoms with van der Waals surface area (Å²) in [6.45, 7) is 0. The summed E-state index contributed by atoms with van der Waals surface area (Å²) in [6, 6.07) is 0. The number of nitrogen functional groups attached to an aromatic ring is 1. The Bertz CT molecular complexity index is 242. The molecule has 2 nitrogen and oxygen atoms in total. The largest absolute Gasteiger partial charge is 0.395 e. The quantitative estimate of drug-likeness (QED) is 0.719. The van der Waals surface area contributed by atoms with Crippen molar-refractivity contribution in [2.24, 2.45) is 0 Å². The van der Waals surface area contributed by atoms with Gasteiger partial charge in [-0.15, -0.1) is 11.3 Å². The Morgan fingerprint density at radius 2 is 2.18 bits per heavy atom. The minimum Gasteiger partial charge on any atom is -0.383 e. The molecule has 0 atom stereocenters. The monoisotopic (exact) mass is 182 g/mol. The zero-order valence-electron chi connectivity index (χ0n) is 5.35. The summed E-state index contributed by atoms with van der Waals surface area (Å²) in [6.07, 6.45) is -5.18. The molecule has 0 aliphatic heterocycles. The molecule has 0 saturated carbocycles. The van der Waals surface area contributed by atoms with E-state index in [2.05, 4.69) is 4.98 Å². The second-order valence-electron chi connectivity index (χ2n) is 1.96. The molecule has 1 aromatic heterocycles. The number of hydrogen-bond donors (Lipinski definition) is 1. The van der Waals surface area contributed by atoms with Gasteiger partial charge in [-0.2, -0.15) is 13.2 Å². The minimum atomic E-state index is -4.19. The van der Waals surface area contributed by atoms with E-state index in [0.29, 0.717) is 0 Å². The van der Waals surface area contributed by atoms with Crippen molar-refractivity contribution in [3.8, 4) is 0 Å². The maximum absolute atomic E-state index is 11.7. The molecule has 0 saturated heterocycles. The SMILES string of the molecule is Nc1csc(CC(F)(F)F)n1. The van der Waals surface area contributed by atoms with Gasteiger partial charge in [0.25, 0.3) is 0 Å². The van der Waals surface area contributed by atoms with Gasteiger partial charge in [0.05, 0.1) is 6.42 Å².